The van der Waals surface area contributed by atoms with Crippen molar-refractivity contribution in [2.45, 2.75) is 19.3 Å². The largest absolute Gasteiger partial charge is 0.355 e. The molecule has 1 aliphatic heterocycles. The van der Waals surface area contributed by atoms with E-state index in [-0.39, 0.29) is 0 Å². The van der Waals surface area contributed by atoms with Crippen LogP contribution in [-0.4, -0.2) is 28.1 Å². The van der Waals surface area contributed by atoms with E-state index in [0.717, 1.165) is 36.7 Å². The van der Waals surface area contributed by atoms with Gasteiger partial charge in [-0.25, -0.2) is 0 Å². The van der Waals surface area contributed by atoms with Gasteiger partial charge in [0.05, 0.1) is 5.69 Å². The van der Waals surface area contributed by atoms with Gasteiger partial charge in [-0.3, -0.25) is 0 Å². The Morgan fingerprint density at radius 1 is 0.826 bits per heavy atom. The van der Waals surface area contributed by atoms with Crippen LogP contribution < -0.4 is 4.90 Å². The summed E-state index contributed by atoms with van der Waals surface area (Å²) in [5.41, 5.74) is 3.40. The molecule has 4 rings (SSSR count). The quantitative estimate of drug-likeness (QED) is 0.740. The highest BCUT2D eigenvalue weighted by atomic mass is 15.5. The molecule has 1 aromatic heterocycles. The number of anilines is 1. The summed E-state index contributed by atoms with van der Waals surface area (Å²) in [6.45, 7) is 2.17. The van der Waals surface area contributed by atoms with Crippen molar-refractivity contribution in [1.29, 1.82) is 0 Å². The summed E-state index contributed by atoms with van der Waals surface area (Å²) in [6, 6.07) is 20.8. The first-order chi connectivity index (χ1) is 11.4. The molecular formula is C19H20N4. The molecule has 23 heavy (non-hydrogen) atoms. The maximum absolute atomic E-state index is 4.50. The molecule has 0 radical (unpaired) electrons. The smallest absolute Gasteiger partial charge is 0.156 e. The summed E-state index contributed by atoms with van der Waals surface area (Å²) in [5, 5.41) is 8.96. The maximum atomic E-state index is 4.50. The minimum atomic E-state index is 0.819. The highest BCUT2D eigenvalue weighted by Gasteiger charge is 2.23. The van der Waals surface area contributed by atoms with E-state index in [0.29, 0.717) is 0 Å². The van der Waals surface area contributed by atoms with Gasteiger partial charge in [0, 0.05) is 19.5 Å². The topological polar surface area (TPSA) is 34.0 Å². The lowest BCUT2D eigenvalue weighted by Gasteiger charge is -2.19. The summed E-state index contributed by atoms with van der Waals surface area (Å²) in [6.07, 6.45) is 3.30. The number of nitrogens with zero attached hydrogens (tertiary/aromatic N) is 4. The minimum Gasteiger partial charge on any atom is -0.355 e. The molecule has 0 saturated carbocycles. The molecule has 0 spiro atoms. The van der Waals surface area contributed by atoms with E-state index in [9.17, 15) is 0 Å². The summed E-state index contributed by atoms with van der Waals surface area (Å²) in [5.74, 6) is 1.15. The molecule has 4 heteroatoms. The molecule has 1 aliphatic rings. The van der Waals surface area contributed by atoms with E-state index < -0.39 is 0 Å². The second-order valence-corrected chi connectivity index (χ2v) is 5.96. The van der Waals surface area contributed by atoms with Crippen LogP contribution in [0.25, 0.3) is 5.69 Å². The predicted molar refractivity (Wildman–Crippen MR) is 92.1 cm³/mol. The Morgan fingerprint density at radius 3 is 2.17 bits per heavy atom. The fourth-order valence-corrected chi connectivity index (χ4v) is 3.20. The number of hydrogen-bond acceptors (Lipinski definition) is 3. The highest BCUT2D eigenvalue weighted by Crippen LogP contribution is 2.27. The number of benzene rings is 2. The average Bonchev–Trinajstić information content (AvgIpc) is 3.26. The fraction of sp³-hybridized carbons (Fsp3) is 0.263. The van der Waals surface area contributed by atoms with Gasteiger partial charge >= 0.3 is 0 Å². The molecule has 0 aliphatic carbocycles. The van der Waals surface area contributed by atoms with E-state index in [2.05, 4.69) is 51.6 Å². The summed E-state index contributed by atoms with van der Waals surface area (Å²) in [4.78, 5) is 2.42. The van der Waals surface area contributed by atoms with Gasteiger partial charge in [-0.2, -0.15) is 4.68 Å². The molecule has 0 unspecified atom stereocenters. The van der Waals surface area contributed by atoms with Crippen LogP contribution in [0.5, 0.6) is 0 Å². The third-order valence-electron chi connectivity index (χ3n) is 4.33. The van der Waals surface area contributed by atoms with Crippen LogP contribution in [0.3, 0.4) is 0 Å². The normalized spacial score (nSPS) is 14.3. The van der Waals surface area contributed by atoms with Gasteiger partial charge in [-0.05, 0) is 30.5 Å². The second-order valence-electron chi connectivity index (χ2n) is 5.96. The molecule has 0 atom stereocenters. The monoisotopic (exact) mass is 304 g/mol. The van der Waals surface area contributed by atoms with Gasteiger partial charge in [0.25, 0.3) is 0 Å². The molecule has 116 valence electrons. The number of hydrogen-bond donors (Lipinski definition) is 0. The van der Waals surface area contributed by atoms with Crippen LogP contribution >= 0.6 is 0 Å². The van der Waals surface area contributed by atoms with E-state index in [1.807, 2.05) is 28.9 Å². The average molecular weight is 304 g/mol. The fourth-order valence-electron chi connectivity index (χ4n) is 3.20. The van der Waals surface area contributed by atoms with E-state index in [4.69, 9.17) is 0 Å². The van der Waals surface area contributed by atoms with Crippen LogP contribution in [0.2, 0.25) is 0 Å². The van der Waals surface area contributed by atoms with Crippen LogP contribution in [0, 0.1) is 0 Å². The molecule has 0 N–H and O–H groups in total. The Kier molecular flexibility index (Phi) is 3.80. The van der Waals surface area contributed by atoms with Gasteiger partial charge in [0.1, 0.15) is 5.69 Å². The Balaban J connectivity index is 1.75. The third kappa shape index (κ3) is 2.84. The number of para-hydroxylation sites is 1. The number of aromatic nitrogens is 3. The van der Waals surface area contributed by atoms with Crippen LogP contribution in [0.15, 0.2) is 60.7 Å². The van der Waals surface area contributed by atoms with Crippen molar-refractivity contribution >= 4 is 5.82 Å². The van der Waals surface area contributed by atoms with E-state index >= 15 is 0 Å². The standard InChI is InChI=1S/C19H20N4/c1-3-9-16(10-4-1)15-18-19(22-13-7-8-14-22)23(21-20-18)17-11-5-2-6-12-17/h1-6,9-12H,7-8,13-15H2. The van der Waals surface area contributed by atoms with Gasteiger partial charge < -0.3 is 4.90 Å². The van der Waals surface area contributed by atoms with Crippen molar-refractivity contribution in [2.24, 2.45) is 0 Å². The summed E-state index contributed by atoms with van der Waals surface area (Å²) >= 11 is 0. The zero-order chi connectivity index (χ0) is 15.5. The van der Waals surface area contributed by atoms with Crippen molar-refractivity contribution in [3.8, 4) is 5.69 Å². The Bertz CT molecular complexity index is 759. The van der Waals surface area contributed by atoms with Gasteiger partial charge in [-0.15, -0.1) is 5.10 Å². The summed E-state index contributed by atoms with van der Waals surface area (Å²) in [7, 11) is 0. The van der Waals surface area contributed by atoms with E-state index in [1.165, 1.54) is 18.4 Å². The van der Waals surface area contributed by atoms with Crippen LogP contribution in [0.1, 0.15) is 24.1 Å². The van der Waals surface area contributed by atoms with Crippen molar-refractivity contribution in [3.05, 3.63) is 71.9 Å². The molecular weight excluding hydrogens is 284 g/mol. The zero-order valence-electron chi connectivity index (χ0n) is 13.1. The minimum absolute atomic E-state index is 0.819. The van der Waals surface area contributed by atoms with Crippen molar-refractivity contribution in [1.82, 2.24) is 15.0 Å². The van der Waals surface area contributed by atoms with E-state index in [1.54, 1.807) is 0 Å². The Morgan fingerprint density at radius 2 is 1.48 bits per heavy atom. The van der Waals surface area contributed by atoms with Crippen molar-refractivity contribution in [2.75, 3.05) is 18.0 Å². The SMILES string of the molecule is c1ccc(Cc2nnn(-c3ccccc3)c2N2CCCC2)cc1. The Hall–Kier alpha value is -2.62. The lowest BCUT2D eigenvalue weighted by Crippen LogP contribution is -2.22. The predicted octanol–water partition coefficient (Wildman–Crippen LogP) is 3.46. The lowest BCUT2D eigenvalue weighted by atomic mass is 10.1. The maximum Gasteiger partial charge on any atom is 0.156 e. The molecule has 0 bridgehead atoms. The molecule has 2 aromatic carbocycles. The molecule has 0 amide bonds. The third-order valence-corrected chi connectivity index (χ3v) is 4.33. The van der Waals surface area contributed by atoms with Crippen LogP contribution in [0.4, 0.5) is 5.82 Å². The van der Waals surface area contributed by atoms with Crippen molar-refractivity contribution in [3.63, 3.8) is 0 Å². The molecule has 2 heterocycles. The Labute approximate surface area is 136 Å². The van der Waals surface area contributed by atoms with Crippen LogP contribution in [-0.2, 0) is 6.42 Å². The van der Waals surface area contributed by atoms with Crippen molar-refractivity contribution < 1.29 is 0 Å². The zero-order valence-corrected chi connectivity index (χ0v) is 13.1. The van der Waals surface area contributed by atoms with Gasteiger partial charge in [0.2, 0.25) is 0 Å². The molecule has 1 fully saturated rings. The number of rotatable bonds is 4. The summed E-state index contributed by atoms with van der Waals surface area (Å²) < 4.78 is 1.99. The lowest BCUT2D eigenvalue weighted by molar-refractivity contribution is 0.778. The first kappa shape index (κ1) is 14.0. The molecule has 1 saturated heterocycles. The molecule has 3 aromatic rings. The first-order valence-electron chi connectivity index (χ1n) is 8.21. The highest BCUT2D eigenvalue weighted by molar-refractivity contribution is 5.52. The second kappa shape index (κ2) is 6.24. The van der Waals surface area contributed by atoms with Gasteiger partial charge in [-0.1, -0.05) is 53.7 Å². The van der Waals surface area contributed by atoms with Gasteiger partial charge in [0.15, 0.2) is 5.82 Å². The molecule has 4 nitrogen and oxygen atoms in total. The first-order valence-corrected chi connectivity index (χ1v) is 8.21.